The van der Waals surface area contributed by atoms with Crippen LogP contribution in [0.3, 0.4) is 0 Å². The number of benzene rings is 1. The Labute approximate surface area is 144 Å². The minimum absolute atomic E-state index is 0.0288. The van der Waals surface area contributed by atoms with Gasteiger partial charge < -0.3 is 20.5 Å². The van der Waals surface area contributed by atoms with E-state index in [0.717, 1.165) is 35.9 Å². The molecule has 1 aromatic carbocycles. The van der Waals surface area contributed by atoms with E-state index in [1.807, 2.05) is 18.2 Å². The lowest BCUT2D eigenvalue weighted by atomic mass is 10.0. The van der Waals surface area contributed by atoms with E-state index in [1.165, 1.54) is 5.56 Å². The van der Waals surface area contributed by atoms with Crippen LogP contribution in [-0.4, -0.2) is 41.0 Å². The van der Waals surface area contributed by atoms with Crippen LogP contribution in [0, 0.1) is 0 Å². The number of halogens is 1. The van der Waals surface area contributed by atoms with Crippen LogP contribution in [0.15, 0.2) is 18.2 Å². The number of amides is 3. The molecule has 6 nitrogen and oxygen atoms in total. The molecular weight excluding hydrogens is 328 g/mol. The number of fused-ring (bicyclic) bond motifs is 3. The molecule has 0 saturated heterocycles. The molecule has 3 N–H and O–H groups in total. The second-order valence-electron chi connectivity index (χ2n) is 6.44. The Balaban J connectivity index is 1.41. The summed E-state index contributed by atoms with van der Waals surface area (Å²) in [6.45, 7) is 1.17. The van der Waals surface area contributed by atoms with Gasteiger partial charge in [-0.05, 0) is 43.0 Å². The van der Waals surface area contributed by atoms with Crippen molar-refractivity contribution >= 4 is 34.4 Å². The van der Waals surface area contributed by atoms with Crippen LogP contribution >= 0.6 is 11.6 Å². The molecule has 0 atom stereocenters. The summed E-state index contributed by atoms with van der Waals surface area (Å²) in [6.07, 6.45) is 2.86. The minimum atomic E-state index is -0.205. The predicted molar refractivity (Wildman–Crippen MR) is 92.0 cm³/mol. The molecule has 0 spiro atoms. The van der Waals surface area contributed by atoms with Gasteiger partial charge >= 0.3 is 6.03 Å². The van der Waals surface area contributed by atoms with Crippen molar-refractivity contribution in [2.24, 2.45) is 0 Å². The van der Waals surface area contributed by atoms with Crippen molar-refractivity contribution in [3.63, 3.8) is 0 Å². The number of aromatic nitrogens is 1. The van der Waals surface area contributed by atoms with Crippen LogP contribution in [-0.2, 0) is 17.8 Å². The summed E-state index contributed by atoms with van der Waals surface area (Å²) in [5.74, 6) is -0.121. The van der Waals surface area contributed by atoms with E-state index in [0.29, 0.717) is 24.2 Å². The van der Waals surface area contributed by atoms with Crippen molar-refractivity contribution in [3.05, 3.63) is 34.5 Å². The van der Waals surface area contributed by atoms with Crippen molar-refractivity contribution in [2.75, 3.05) is 13.1 Å². The van der Waals surface area contributed by atoms with Gasteiger partial charge in [-0.1, -0.05) is 11.6 Å². The lowest BCUT2D eigenvalue weighted by molar-refractivity contribution is -0.120. The first kappa shape index (κ1) is 15.3. The third kappa shape index (κ3) is 3.06. The van der Waals surface area contributed by atoms with Crippen molar-refractivity contribution in [2.45, 2.75) is 31.8 Å². The summed E-state index contributed by atoms with van der Waals surface area (Å²) >= 11 is 6.08. The maximum atomic E-state index is 12.3. The van der Waals surface area contributed by atoms with E-state index in [-0.39, 0.29) is 18.5 Å². The molecule has 2 aromatic rings. The maximum absolute atomic E-state index is 12.3. The molecule has 1 aliphatic carbocycles. The van der Waals surface area contributed by atoms with Crippen molar-refractivity contribution < 1.29 is 9.59 Å². The third-order valence-electron chi connectivity index (χ3n) is 4.57. The SMILES string of the molecule is O=C(CNC(=O)N1CCc2c([nH]c3ccc(Cl)cc23)C1)NC1CC1. The standard InChI is InChI=1S/C17H19ClN4O2/c18-10-1-4-14-13(7-10)12-5-6-22(9-15(12)21-14)17(24)19-8-16(23)20-11-2-3-11/h1,4,7,11,21H,2-3,5-6,8-9H2,(H,19,24)(H,20,23). The fourth-order valence-corrected chi connectivity index (χ4v) is 3.33. The molecule has 1 fully saturated rings. The molecule has 2 aliphatic rings. The number of hydrogen-bond donors (Lipinski definition) is 3. The number of H-pyrrole nitrogens is 1. The summed E-state index contributed by atoms with van der Waals surface area (Å²) < 4.78 is 0. The highest BCUT2D eigenvalue weighted by molar-refractivity contribution is 6.31. The van der Waals surface area contributed by atoms with E-state index in [2.05, 4.69) is 15.6 Å². The smallest absolute Gasteiger partial charge is 0.318 e. The Hall–Kier alpha value is -2.21. The summed E-state index contributed by atoms with van der Waals surface area (Å²) in [6, 6.07) is 5.88. The zero-order chi connectivity index (χ0) is 16.7. The van der Waals surface area contributed by atoms with Gasteiger partial charge in [-0.3, -0.25) is 4.79 Å². The highest BCUT2D eigenvalue weighted by atomic mass is 35.5. The Kier molecular flexibility index (Phi) is 3.84. The molecule has 1 aliphatic heterocycles. The van der Waals surface area contributed by atoms with Gasteiger partial charge in [-0.15, -0.1) is 0 Å². The van der Waals surface area contributed by atoms with Gasteiger partial charge in [0, 0.05) is 34.2 Å². The monoisotopic (exact) mass is 346 g/mol. The van der Waals surface area contributed by atoms with Gasteiger partial charge in [0.2, 0.25) is 5.91 Å². The molecular formula is C17H19ClN4O2. The van der Waals surface area contributed by atoms with Crippen molar-refractivity contribution in [1.82, 2.24) is 20.5 Å². The van der Waals surface area contributed by atoms with Crippen molar-refractivity contribution in [1.29, 1.82) is 0 Å². The highest BCUT2D eigenvalue weighted by Crippen LogP contribution is 2.29. The molecule has 2 heterocycles. The Morgan fingerprint density at radius 2 is 2.17 bits per heavy atom. The van der Waals surface area contributed by atoms with Crippen LogP contribution in [0.25, 0.3) is 10.9 Å². The molecule has 24 heavy (non-hydrogen) atoms. The van der Waals surface area contributed by atoms with E-state index in [1.54, 1.807) is 4.90 Å². The number of carbonyl (C=O) groups excluding carboxylic acids is 2. The van der Waals surface area contributed by atoms with E-state index in [9.17, 15) is 9.59 Å². The van der Waals surface area contributed by atoms with Gasteiger partial charge in [0.05, 0.1) is 13.1 Å². The molecule has 4 rings (SSSR count). The highest BCUT2D eigenvalue weighted by Gasteiger charge is 2.26. The van der Waals surface area contributed by atoms with Crippen LogP contribution in [0.5, 0.6) is 0 Å². The molecule has 1 aromatic heterocycles. The van der Waals surface area contributed by atoms with E-state index >= 15 is 0 Å². The molecule has 1 saturated carbocycles. The Morgan fingerprint density at radius 1 is 1.33 bits per heavy atom. The predicted octanol–water partition coefficient (Wildman–Crippen LogP) is 2.17. The largest absolute Gasteiger partial charge is 0.357 e. The van der Waals surface area contributed by atoms with Gasteiger partial charge in [0.1, 0.15) is 0 Å². The van der Waals surface area contributed by atoms with Crippen LogP contribution < -0.4 is 10.6 Å². The van der Waals surface area contributed by atoms with Crippen molar-refractivity contribution in [3.8, 4) is 0 Å². The van der Waals surface area contributed by atoms with Crippen LogP contribution in [0.4, 0.5) is 4.79 Å². The second-order valence-corrected chi connectivity index (χ2v) is 6.88. The first-order valence-electron chi connectivity index (χ1n) is 8.21. The van der Waals surface area contributed by atoms with E-state index in [4.69, 9.17) is 11.6 Å². The molecule has 126 valence electrons. The summed E-state index contributed by atoms with van der Waals surface area (Å²) in [7, 11) is 0. The lowest BCUT2D eigenvalue weighted by Crippen LogP contribution is -2.46. The second kappa shape index (κ2) is 6.02. The van der Waals surface area contributed by atoms with Gasteiger partial charge in [0.25, 0.3) is 0 Å². The number of hydrogen-bond acceptors (Lipinski definition) is 2. The summed E-state index contributed by atoms with van der Waals surface area (Å²) in [4.78, 5) is 29.0. The third-order valence-corrected chi connectivity index (χ3v) is 4.80. The first-order valence-corrected chi connectivity index (χ1v) is 8.59. The van der Waals surface area contributed by atoms with Gasteiger partial charge in [0.15, 0.2) is 0 Å². The molecule has 7 heteroatoms. The topological polar surface area (TPSA) is 77.2 Å². The van der Waals surface area contributed by atoms with Gasteiger partial charge in [-0.25, -0.2) is 4.79 Å². The zero-order valence-corrected chi connectivity index (χ0v) is 13.9. The van der Waals surface area contributed by atoms with Crippen LogP contribution in [0.1, 0.15) is 24.1 Å². The number of carbonyl (C=O) groups is 2. The number of rotatable bonds is 3. The number of urea groups is 1. The fraction of sp³-hybridized carbons (Fsp3) is 0.412. The molecule has 0 unspecified atom stereocenters. The fourth-order valence-electron chi connectivity index (χ4n) is 3.16. The summed E-state index contributed by atoms with van der Waals surface area (Å²) in [5, 5.41) is 7.40. The normalized spacial score (nSPS) is 16.8. The number of nitrogens with one attached hydrogen (secondary N) is 3. The quantitative estimate of drug-likeness (QED) is 0.796. The molecule has 0 bridgehead atoms. The Morgan fingerprint density at radius 3 is 2.96 bits per heavy atom. The average molecular weight is 347 g/mol. The maximum Gasteiger partial charge on any atom is 0.318 e. The van der Waals surface area contributed by atoms with Crippen LogP contribution in [0.2, 0.25) is 5.02 Å². The zero-order valence-electron chi connectivity index (χ0n) is 13.2. The first-order chi connectivity index (χ1) is 11.6. The van der Waals surface area contributed by atoms with Gasteiger partial charge in [-0.2, -0.15) is 0 Å². The molecule has 3 amide bonds. The summed E-state index contributed by atoms with van der Waals surface area (Å²) in [5.41, 5.74) is 3.30. The minimum Gasteiger partial charge on any atom is -0.357 e. The Bertz CT molecular complexity index is 812. The molecule has 0 radical (unpaired) electrons. The average Bonchev–Trinajstić information content (AvgIpc) is 3.31. The number of nitrogens with zero attached hydrogens (tertiary/aromatic N) is 1. The number of aromatic amines is 1. The lowest BCUT2D eigenvalue weighted by Gasteiger charge is -2.27. The van der Waals surface area contributed by atoms with E-state index < -0.39 is 0 Å².